The van der Waals surface area contributed by atoms with Gasteiger partial charge in [0.1, 0.15) is 15.5 Å². The first-order chi connectivity index (χ1) is 18.3. The SMILES string of the molecule is O=C(O)c1ccccc1N=Nc1c(S(=O)(=O)O)cc2cc(S(=O)(=O)O)c(N=Nc3ccccc3)c([O-])c2c1[O-].[Na+].[Na+]. The molecule has 14 nitrogen and oxygen atoms in total. The predicted molar refractivity (Wildman–Crippen MR) is 131 cm³/mol. The van der Waals surface area contributed by atoms with E-state index in [-0.39, 0.29) is 76.1 Å². The van der Waals surface area contributed by atoms with Gasteiger partial charge in [-0.2, -0.15) is 21.9 Å². The summed E-state index contributed by atoms with van der Waals surface area (Å²) in [6.07, 6.45) is 0. The molecule has 0 unspecified atom stereocenters. The van der Waals surface area contributed by atoms with Gasteiger partial charge in [-0.1, -0.05) is 41.8 Å². The van der Waals surface area contributed by atoms with Crippen LogP contribution < -0.4 is 69.3 Å². The Labute approximate surface area is 276 Å². The molecule has 3 N–H and O–H groups in total. The smallest absolute Gasteiger partial charge is 0.871 e. The van der Waals surface area contributed by atoms with Crippen LogP contribution in [0.2, 0.25) is 0 Å². The quantitative estimate of drug-likeness (QED) is 0.117. The molecule has 18 heteroatoms. The van der Waals surface area contributed by atoms with Crippen LogP contribution in [-0.2, 0) is 20.2 Å². The second-order valence-electron chi connectivity index (χ2n) is 7.71. The van der Waals surface area contributed by atoms with E-state index in [0.29, 0.717) is 12.1 Å². The zero-order valence-electron chi connectivity index (χ0n) is 21.2. The standard InChI is InChI=1S/C23H16N4O10S2.2Na/c28-21-18-12(10-16(38(32,33)34)19(21)26-24-13-6-2-1-3-7-13)11-17(39(35,36)37)20(22(18)29)27-25-15-9-5-4-8-14(15)23(30)31;;/h1-11,28-29H,(H,30,31)(H,32,33,34)(H,35,36,37);;/q;2*+1/p-2. The molecule has 0 saturated heterocycles. The van der Waals surface area contributed by atoms with Gasteiger partial charge in [0.05, 0.1) is 22.6 Å². The maximum absolute atomic E-state index is 13.3. The summed E-state index contributed by atoms with van der Waals surface area (Å²) < 4.78 is 67.6. The van der Waals surface area contributed by atoms with E-state index < -0.39 is 69.6 Å². The molecule has 0 fully saturated rings. The Kier molecular flexibility index (Phi) is 11.3. The van der Waals surface area contributed by atoms with Gasteiger partial charge in [0.25, 0.3) is 20.2 Å². The van der Waals surface area contributed by atoms with Crippen LogP contribution in [0, 0.1) is 0 Å². The molecule has 0 atom stereocenters. The average Bonchev–Trinajstić information content (AvgIpc) is 2.86. The van der Waals surface area contributed by atoms with E-state index in [1.165, 1.54) is 30.3 Å². The summed E-state index contributed by atoms with van der Waals surface area (Å²) in [5, 5.41) is 49.0. The summed E-state index contributed by atoms with van der Waals surface area (Å²) in [5.41, 5.74) is -2.47. The molecule has 0 heterocycles. The fourth-order valence-corrected chi connectivity index (χ4v) is 4.77. The van der Waals surface area contributed by atoms with Crippen molar-refractivity contribution in [3.63, 3.8) is 0 Å². The number of hydrogen-bond donors (Lipinski definition) is 3. The van der Waals surface area contributed by atoms with Crippen LogP contribution in [0.5, 0.6) is 11.5 Å². The van der Waals surface area contributed by atoms with Gasteiger partial charge in [0.15, 0.2) is 0 Å². The van der Waals surface area contributed by atoms with Crippen molar-refractivity contribution in [1.82, 2.24) is 0 Å². The molecular formula is C23H14N4Na2O10S2. The first kappa shape index (κ1) is 34.4. The summed E-state index contributed by atoms with van der Waals surface area (Å²) >= 11 is 0. The van der Waals surface area contributed by atoms with Gasteiger partial charge in [-0.25, -0.2) is 4.79 Å². The van der Waals surface area contributed by atoms with E-state index in [4.69, 9.17) is 0 Å². The number of azo groups is 2. The minimum atomic E-state index is -5.22. The third kappa shape index (κ3) is 7.55. The maximum Gasteiger partial charge on any atom is 1.00 e. The summed E-state index contributed by atoms with van der Waals surface area (Å²) in [6.45, 7) is 0. The molecule has 0 bridgehead atoms. The van der Waals surface area contributed by atoms with Crippen LogP contribution in [0.1, 0.15) is 10.4 Å². The number of fused-ring (bicyclic) bond motifs is 1. The van der Waals surface area contributed by atoms with Crippen LogP contribution in [0.4, 0.5) is 22.7 Å². The van der Waals surface area contributed by atoms with Crippen molar-refractivity contribution in [1.29, 1.82) is 0 Å². The largest absolute Gasteiger partial charge is 1.00 e. The molecule has 0 saturated carbocycles. The van der Waals surface area contributed by atoms with Crippen molar-refractivity contribution in [2.24, 2.45) is 20.5 Å². The topological polar surface area (TPSA) is 242 Å². The van der Waals surface area contributed by atoms with Crippen molar-refractivity contribution < 1.29 is 105 Å². The van der Waals surface area contributed by atoms with E-state index in [0.717, 1.165) is 6.07 Å². The molecule has 4 aromatic carbocycles. The summed E-state index contributed by atoms with van der Waals surface area (Å²) in [5.74, 6) is -4.16. The zero-order valence-corrected chi connectivity index (χ0v) is 26.8. The number of benzene rings is 4. The van der Waals surface area contributed by atoms with E-state index in [1.807, 2.05) is 0 Å². The molecule has 4 rings (SSSR count). The van der Waals surface area contributed by atoms with Crippen molar-refractivity contribution in [2.75, 3.05) is 0 Å². The zero-order chi connectivity index (χ0) is 28.5. The number of carbonyl (C=O) groups is 1. The molecule has 0 aliphatic heterocycles. The van der Waals surface area contributed by atoms with Gasteiger partial charge in [0, 0.05) is 0 Å². The number of hydrogen-bond acceptors (Lipinski definition) is 11. The first-order valence-electron chi connectivity index (χ1n) is 10.5. The maximum atomic E-state index is 13.3. The van der Waals surface area contributed by atoms with Gasteiger partial charge in [-0.3, -0.25) is 9.11 Å². The number of carboxylic acid groups (broad SMARTS) is 1. The molecule has 4 aromatic rings. The number of rotatable bonds is 7. The Hall–Kier alpha value is -2.77. The van der Waals surface area contributed by atoms with Gasteiger partial charge < -0.3 is 15.3 Å². The Morgan fingerprint density at radius 3 is 1.63 bits per heavy atom. The number of carboxylic acids is 1. The van der Waals surface area contributed by atoms with E-state index in [2.05, 4.69) is 20.5 Å². The van der Waals surface area contributed by atoms with Gasteiger partial charge >= 0.3 is 65.1 Å². The van der Waals surface area contributed by atoms with Gasteiger partial charge in [0.2, 0.25) is 0 Å². The minimum Gasteiger partial charge on any atom is -0.871 e. The molecule has 0 aliphatic carbocycles. The van der Waals surface area contributed by atoms with Crippen molar-refractivity contribution in [2.45, 2.75) is 9.79 Å². The Morgan fingerprint density at radius 1 is 0.683 bits per heavy atom. The predicted octanol–water partition coefficient (Wildman–Crippen LogP) is -1.98. The van der Waals surface area contributed by atoms with Crippen molar-refractivity contribution in [3.05, 3.63) is 72.3 Å². The molecule has 200 valence electrons. The fraction of sp³-hybridized carbons (Fsp3) is 0. The normalized spacial score (nSPS) is 11.9. The fourth-order valence-electron chi connectivity index (χ4n) is 3.46. The van der Waals surface area contributed by atoms with Gasteiger partial charge in [-0.05, 0) is 47.2 Å². The Morgan fingerprint density at radius 2 is 1.15 bits per heavy atom. The van der Waals surface area contributed by atoms with Gasteiger partial charge in [-0.15, -0.1) is 15.3 Å². The van der Waals surface area contributed by atoms with Crippen molar-refractivity contribution >= 4 is 59.7 Å². The molecule has 0 amide bonds. The van der Waals surface area contributed by atoms with Crippen LogP contribution in [0.3, 0.4) is 0 Å². The van der Waals surface area contributed by atoms with Crippen LogP contribution in [0.25, 0.3) is 10.8 Å². The summed E-state index contributed by atoms with van der Waals surface area (Å²) in [6, 6.07) is 14.0. The molecular weight excluding hydrogens is 602 g/mol. The van der Waals surface area contributed by atoms with E-state index >= 15 is 0 Å². The van der Waals surface area contributed by atoms with Crippen LogP contribution >= 0.6 is 0 Å². The summed E-state index contributed by atoms with van der Waals surface area (Å²) in [7, 11) is -10.4. The van der Waals surface area contributed by atoms with Crippen LogP contribution in [0.15, 0.2) is 97.0 Å². The van der Waals surface area contributed by atoms with E-state index in [9.17, 15) is 46.1 Å². The van der Waals surface area contributed by atoms with Crippen molar-refractivity contribution in [3.8, 4) is 11.5 Å². The monoisotopic (exact) mass is 616 g/mol. The Bertz CT molecular complexity index is 1920. The second kappa shape index (κ2) is 13.5. The van der Waals surface area contributed by atoms with Crippen LogP contribution in [-0.4, -0.2) is 37.0 Å². The molecule has 41 heavy (non-hydrogen) atoms. The number of aromatic carboxylic acids is 1. The third-order valence-corrected chi connectivity index (χ3v) is 6.92. The minimum absolute atomic E-state index is 0. The number of nitrogens with zero attached hydrogens (tertiary/aromatic N) is 4. The molecule has 0 spiro atoms. The Balaban J connectivity index is 0.00000294. The second-order valence-corrected chi connectivity index (χ2v) is 10.5. The summed E-state index contributed by atoms with van der Waals surface area (Å²) in [4.78, 5) is 9.20. The molecule has 0 aliphatic rings. The average molecular weight is 616 g/mol. The van der Waals surface area contributed by atoms with E-state index in [1.54, 1.807) is 18.2 Å². The molecule has 0 aromatic heterocycles. The first-order valence-corrected chi connectivity index (χ1v) is 13.3. The molecule has 0 radical (unpaired) electrons. The third-order valence-electron chi connectivity index (χ3n) is 5.18.